The number of anilines is 2. The number of fused-ring (bicyclic) bond motifs is 1. The van der Waals surface area contributed by atoms with Crippen LogP contribution in [0.1, 0.15) is 50.8 Å². The van der Waals surface area contributed by atoms with Crippen LogP contribution < -0.4 is 11.5 Å². The molecule has 5 heteroatoms. The smallest absolute Gasteiger partial charge is 0.223 e. The molecule has 0 aliphatic rings. The van der Waals surface area contributed by atoms with Gasteiger partial charge in [0.1, 0.15) is 11.5 Å². The van der Waals surface area contributed by atoms with E-state index in [1.807, 2.05) is 0 Å². The first-order valence-corrected chi connectivity index (χ1v) is 5.86. The predicted molar refractivity (Wildman–Crippen MR) is 70.9 cm³/mol. The lowest BCUT2D eigenvalue weighted by molar-refractivity contribution is 0.778. The van der Waals surface area contributed by atoms with Crippen molar-refractivity contribution in [1.29, 1.82) is 0 Å². The van der Waals surface area contributed by atoms with E-state index in [1.54, 1.807) is 0 Å². The molecule has 2 aromatic rings. The summed E-state index contributed by atoms with van der Waals surface area (Å²) >= 11 is 0. The number of H-pyrrole nitrogens is 1. The van der Waals surface area contributed by atoms with Gasteiger partial charge < -0.3 is 16.5 Å². The molecule has 92 valence electrons. The average molecular weight is 233 g/mol. The molecular formula is C12H19N5. The zero-order valence-electron chi connectivity index (χ0n) is 10.7. The molecule has 0 unspecified atom stereocenters. The molecule has 0 aromatic carbocycles. The molecule has 0 amide bonds. The molecule has 0 fully saturated rings. The molecule has 2 rings (SSSR count). The van der Waals surface area contributed by atoms with Gasteiger partial charge in [0.15, 0.2) is 0 Å². The zero-order valence-corrected chi connectivity index (χ0v) is 10.7. The topological polar surface area (TPSA) is 93.6 Å². The summed E-state index contributed by atoms with van der Waals surface area (Å²) in [5.74, 6) is 1.43. The minimum absolute atomic E-state index is 0.210. The highest BCUT2D eigenvalue weighted by atomic mass is 15.1. The van der Waals surface area contributed by atoms with Gasteiger partial charge in [0.2, 0.25) is 5.95 Å². The normalized spacial score (nSPS) is 11.9. The van der Waals surface area contributed by atoms with Gasteiger partial charge in [-0.3, -0.25) is 0 Å². The summed E-state index contributed by atoms with van der Waals surface area (Å²) in [6.07, 6.45) is 0. The molecule has 0 saturated carbocycles. The van der Waals surface area contributed by atoms with Crippen LogP contribution in [-0.4, -0.2) is 15.0 Å². The minimum Gasteiger partial charge on any atom is -0.383 e. The van der Waals surface area contributed by atoms with Crippen LogP contribution in [0.3, 0.4) is 0 Å². The van der Waals surface area contributed by atoms with E-state index in [4.69, 9.17) is 11.5 Å². The van der Waals surface area contributed by atoms with E-state index in [0.717, 1.165) is 11.0 Å². The van der Waals surface area contributed by atoms with Crippen molar-refractivity contribution in [2.24, 2.45) is 0 Å². The number of aromatic amines is 1. The summed E-state index contributed by atoms with van der Waals surface area (Å²) in [4.78, 5) is 11.6. The Morgan fingerprint density at radius 1 is 1.00 bits per heavy atom. The van der Waals surface area contributed by atoms with Crippen LogP contribution in [0.4, 0.5) is 11.8 Å². The van der Waals surface area contributed by atoms with E-state index in [-0.39, 0.29) is 5.95 Å². The van der Waals surface area contributed by atoms with Crippen molar-refractivity contribution < 1.29 is 0 Å². The van der Waals surface area contributed by atoms with Crippen LogP contribution in [-0.2, 0) is 0 Å². The van der Waals surface area contributed by atoms with Gasteiger partial charge in [0.05, 0.1) is 5.39 Å². The number of aromatic nitrogens is 3. The molecule has 0 aliphatic heterocycles. The molecule has 0 aliphatic carbocycles. The Bertz CT molecular complexity index is 554. The maximum atomic E-state index is 5.96. The minimum atomic E-state index is 0.210. The van der Waals surface area contributed by atoms with Crippen LogP contribution in [0, 0.1) is 0 Å². The Kier molecular flexibility index (Phi) is 2.69. The Hall–Kier alpha value is -1.78. The Morgan fingerprint density at radius 2 is 1.65 bits per heavy atom. The Morgan fingerprint density at radius 3 is 2.18 bits per heavy atom. The summed E-state index contributed by atoms with van der Waals surface area (Å²) in [5.41, 5.74) is 14.7. The average Bonchev–Trinajstić information content (AvgIpc) is 2.56. The maximum absolute atomic E-state index is 5.96. The van der Waals surface area contributed by atoms with Gasteiger partial charge >= 0.3 is 0 Å². The van der Waals surface area contributed by atoms with Crippen LogP contribution in [0.2, 0.25) is 0 Å². The lowest BCUT2D eigenvalue weighted by atomic mass is 9.95. The van der Waals surface area contributed by atoms with Crippen molar-refractivity contribution in [1.82, 2.24) is 15.0 Å². The highest BCUT2D eigenvalue weighted by Crippen LogP contribution is 2.34. The summed E-state index contributed by atoms with van der Waals surface area (Å²) in [5, 5.41) is 0.915. The maximum Gasteiger partial charge on any atom is 0.223 e. The Balaban J connectivity index is 2.85. The number of hydrogen-bond acceptors (Lipinski definition) is 4. The Labute approximate surface area is 101 Å². The van der Waals surface area contributed by atoms with Crippen molar-refractivity contribution in [3.63, 3.8) is 0 Å². The predicted octanol–water partition coefficient (Wildman–Crippen LogP) is 2.37. The third-order valence-corrected chi connectivity index (χ3v) is 2.92. The second-order valence-corrected chi connectivity index (χ2v) is 4.95. The fourth-order valence-corrected chi connectivity index (χ4v) is 2.24. The van der Waals surface area contributed by atoms with Gasteiger partial charge in [-0.05, 0) is 17.4 Å². The highest BCUT2D eigenvalue weighted by Gasteiger charge is 2.20. The number of nitrogens with one attached hydrogen (secondary N) is 1. The number of hydrogen-bond donors (Lipinski definition) is 3. The van der Waals surface area contributed by atoms with Gasteiger partial charge in [0.25, 0.3) is 0 Å². The second-order valence-electron chi connectivity index (χ2n) is 4.95. The van der Waals surface area contributed by atoms with E-state index in [9.17, 15) is 0 Å². The standard InChI is InChI=1S/C12H19N5/c1-5(2)7-8-10(13)16-12(14)17-11(8)15-9(7)6(3)4/h5-6H,1-4H3,(H5,13,14,15,16,17). The van der Waals surface area contributed by atoms with Gasteiger partial charge in [-0.15, -0.1) is 0 Å². The molecule has 0 spiro atoms. The summed E-state index contributed by atoms with van der Waals surface area (Å²) in [6, 6.07) is 0. The van der Waals surface area contributed by atoms with E-state index in [2.05, 4.69) is 42.6 Å². The van der Waals surface area contributed by atoms with Gasteiger partial charge in [-0.2, -0.15) is 9.97 Å². The molecule has 0 radical (unpaired) electrons. The molecule has 5 nitrogen and oxygen atoms in total. The molecule has 5 N–H and O–H groups in total. The fraction of sp³-hybridized carbons (Fsp3) is 0.500. The summed E-state index contributed by atoms with van der Waals surface area (Å²) in [6.45, 7) is 8.57. The lowest BCUT2D eigenvalue weighted by Crippen LogP contribution is -2.01. The van der Waals surface area contributed by atoms with Gasteiger partial charge in [-0.25, -0.2) is 0 Å². The fourth-order valence-electron chi connectivity index (χ4n) is 2.24. The van der Waals surface area contributed by atoms with E-state index >= 15 is 0 Å². The molecule has 0 atom stereocenters. The van der Waals surface area contributed by atoms with Crippen molar-refractivity contribution in [3.05, 3.63) is 11.3 Å². The zero-order chi connectivity index (χ0) is 12.7. The van der Waals surface area contributed by atoms with Crippen LogP contribution in [0.15, 0.2) is 0 Å². The van der Waals surface area contributed by atoms with Crippen molar-refractivity contribution in [2.45, 2.75) is 39.5 Å². The van der Waals surface area contributed by atoms with Crippen molar-refractivity contribution in [3.8, 4) is 0 Å². The highest BCUT2D eigenvalue weighted by molar-refractivity contribution is 5.92. The quantitative estimate of drug-likeness (QED) is 0.742. The molecule has 17 heavy (non-hydrogen) atoms. The van der Waals surface area contributed by atoms with Gasteiger partial charge in [0, 0.05) is 5.69 Å². The number of nitrogens with two attached hydrogens (primary N) is 2. The number of rotatable bonds is 2. The van der Waals surface area contributed by atoms with Crippen molar-refractivity contribution >= 4 is 22.8 Å². The third-order valence-electron chi connectivity index (χ3n) is 2.92. The van der Waals surface area contributed by atoms with Crippen LogP contribution in [0.25, 0.3) is 11.0 Å². The molecule has 0 saturated heterocycles. The molecule has 0 bridgehead atoms. The third kappa shape index (κ3) is 1.81. The van der Waals surface area contributed by atoms with Gasteiger partial charge in [-0.1, -0.05) is 27.7 Å². The SMILES string of the molecule is CC(C)c1[nH]c2nc(N)nc(N)c2c1C(C)C. The van der Waals surface area contributed by atoms with E-state index in [1.165, 1.54) is 11.3 Å². The lowest BCUT2D eigenvalue weighted by Gasteiger charge is -2.11. The first-order valence-electron chi connectivity index (χ1n) is 5.86. The van der Waals surface area contributed by atoms with Crippen LogP contribution in [0.5, 0.6) is 0 Å². The van der Waals surface area contributed by atoms with Crippen LogP contribution >= 0.6 is 0 Å². The summed E-state index contributed by atoms with van der Waals surface area (Å²) < 4.78 is 0. The monoisotopic (exact) mass is 233 g/mol. The first-order chi connectivity index (χ1) is 7.91. The van der Waals surface area contributed by atoms with Crippen molar-refractivity contribution in [2.75, 3.05) is 11.5 Å². The summed E-state index contributed by atoms with van der Waals surface area (Å²) in [7, 11) is 0. The first kappa shape index (κ1) is 11.7. The number of nitrogens with zero attached hydrogens (tertiary/aromatic N) is 2. The largest absolute Gasteiger partial charge is 0.383 e. The van der Waals surface area contributed by atoms with E-state index in [0.29, 0.717) is 17.7 Å². The molecule has 2 heterocycles. The number of nitrogen functional groups attached to an aromatic ring is 2. The molecular weight excluding hydrogens is 214 g/mol. The second kappa shape index (κ2) is 3.91. The van der Waals surface area contributed by atoms with E-state index < -0.39 is 0 Å². The molecule has 2 aromatic heterocycles.